The van der Waals surface area contributed by atoms with E-state index in [-0.39, 0.29) is 36.8 Å². The number of carbonyl (C=O) groups excluding carboxylic acids is 1. The number of nitrogens with zero attached hydrogens (tertiary/aromatic N) is 2. The number of nitrogens with one attached hydrogen (secondary N) is 1. The van der Waals surface area contributed by atoms with Crippen LogP contribution >= 0.6 is 24.8 Å². The van der Waals surface area contributed by atoms with Gasteiger partial charge in [-0.1, -0.05) is 0 Å². The van der Waals surface area contributed by atoms with E-state index in [4.69, 9.17) is 5.73 Å². The van der Waals surface area contributed by atoms with Gasteiger partial charge in [0.05, 0.1) is 12.2 Å². The number of carbonyl (C=O) groups is 1. The molecule has 1 aromatic rings. The monoisotopic (exact) mass is 294 g/mol. The van der Waals surface area contributed by atoms with Crippen molar-refractivity contribution in [3.8, 4) is 0 Å². The van der Waals surface area contributed by atoms with Crippen molar-refractivity contribution in [2.45, 2.75) is 31.7 Å². The molecular weight excluding hydrogens is 275 g/mol. The summed E-state index contributed by atoms with van der Waals surface area (Å²) in [5.74, 6) is 0.585. The van der Waals surface area contributed by atoms with E-state index in [9.17, 15) is 4.79 Å². The summed E-state index contributed by atoms with van der Waals surface area (Å²) in [5, 5.41) is 6.78. The van der Waals surface area contributed by atoms with Crippen LogP contribution in [-0.4, -0.2) is 40.1 Å². The molecule has 2 rings (SSSR count). The number of halogens is 2. The minimum atomic E-state index is -0.384. The van der Waals surface area contributed by atoms with E-state index in [2.05, 4.69) is 10.2 Å². The molecule has 1 amide bonds. The summed E-state index contributed by atoms with van der Waals surface area (Å²) in [6.45, 7) is 3.34. The number of amides is 1. The average molecular weight is 295 g/mol. The smallest absolute Gasteiger partial charge is 0.239 e. The minimum absolute atomic E-state index is 0. The zero-order valence-electron chi connectivity index (χ0n) is 10.3. The van der Waals surface area contributed by atoms with Crippen molar-refractivity contribution in [3.05, 3.63) is 18.0 Å². The van der Waals surface area contributed by atoms with Crippen molar-refractivity contribution >= 4 is 30.7 Å². The van der Waals surface area contributed by atoms with Crippen LogP contribution in [-0.2, 0) is 4.79 Å². The zero-order chi connectivity index (χ0) is 11.5. The lowest BCUT2D eigenvalue weighted by molar-refractivity contribution is -0.133. The van der Waals surface area contributed by atoms with Gasteiger partial charge in [0.1, 0.15) is 0 Å². The van der Waals surface area contributed by atoms with Crippen LogP contribution in [0.5, 0.6) is 0 Å². The van der Waals surface area contributed by atoms with Gasteiger partial charge in [-0.3, -0.25) is 9.89 Å². The largest absolute Gasteiger partial charge is 0.341 e. The average Bonchev–Trinajstić information content (AvgIpc) is 2.81. The van der Waals surface area contributed by atoms with E-state index in [0.29, 0.717) is 5.92 Å². The minimum Gasteiger partial charge on any atom is -0.341 e. The van der Waals surface area contributed by atoms with Crippen LogP contribution in [0.15, 0.2) is 12.4 Å². The lowest BCUT2D eigenvalue weighted by Gasteiger charge is -2.32. The molecule has 1 aromatic heterocycles. The molecule has 0 aliphatic carbocycles. The Morgan fingerprint density at radius 1 is 1.50 bits per heavy atom. The Bertz CT molecular complexity index is 348. The first kappa shape index (κ1) is 17.2. The summed E-state index contributed by atoms with van der Waals surface area (Å²) in [7, 11) is 0. The van der Waals surface area contributed by atoms with Crippen LogP contribution in [0.1, 0.15) is 31.2 Å². The fourth-order valence-corrected chi connectivity index (χ4v) is 2.21. The molecule has 0 unspecified atom stereocenters. The molecular formula is C11H20Cl2N4O. The van der Waals surface area contributed by atoms with Gasteiger partial charge in [-0.25, -0.2) is 0 Å². The standard InChI is InChI=1S/C11H18N4O.2ClH/c1-8(12)11(16)15-4-2-9(3-5-15)10-6-13-14-7-10;;/h6-9H,2-5,12H2,1H3,(H,13,14);2*1H/t8-;;/m1../s1. The molecule has 104 valence electrons. The van der Waals surface area contributed by atoms with Crippen LogP contribution in [0.4, 0.5) is 0 Å². The quantitative estimate of drug-likeness (QED) is 0.863. The van der Waals surface area contributed by atoms with Crippen LogP contribution in [0.2, 0.25) is 0 Å². The van der Waals surface area contributed by atoms with Crippen molar-refractivity contribution in [2.24, 2.45) is 5.73 Å². The molecule has 0 aromatic carbocycles. The maximum atomic E-state index is 11.7. The molecule has 0 saturated carbocycles. The summed E-state index contributed by atoms with van der Waals surface area (Å²) >= 11 is 0. The maximum Gasteiger partial charge on any atom is 0.239 e. The van der Waals surface area contributed by atoms with Crippen molar-refractivity contribution in [3.63, 3.8) is 0 Å². The molecule has 0 spiro atoms. The molecule has 0 bridgehead atoms. The molecule has 18 heavy (non-hydrogen) atoms. The lowest BCUT2D eigenvalue weighted by Crippen LogP contribution is -2.45. The van der Waals surface area contributed by atoms with Gasteiger partial charge >= 0.3 is 0 Å². The van der Waals surface area contributed by atoms with E-state index in [1.807, 2.05) is 17.3 Å². The second-order valence-electron chi connectivity index (χ2n) is 4.42. The van der Waals surface area contributed by atoms with Gasteiger partial charge in [0.2, 0.25) is 5.91 Å². The van der Waals surface area contributed by atoms with Crippen molar-refractivity contribution in [2.75, 3.05) is 13.1 Å². The van der Waals surface area contributed by atoms with Crippen LogP contribution in [0.25, 0.3) is 0 Å². The van der Waals surface area contributed by atoms with Crippen LogP contribution in [0.3, 0.4) is 0 Å². The summed E-state index contributed by atoms with van der Waals surface area (Å²) < 4.78 is 0. The highest BCUT2D eigenvalue weighted by Crippen LogP contribution is 2.27. The van der Waals surface area contributed by atoms with Gasteiger partial charge in [-0.05, 0) is 31.2 Å². The Morgan fingerprint density at radius 3 is 2.56 bits per heavy atom. The maximum absolute atomic E-state index is 11.7. The van der Waals surface area contributed by atoms with E-state index in [0.717, 1.165) is 25.9 Å². The summed E-state index contributed by atoms with van der Waals surface area (Å²) in [4.78, 5) is 13.5. The highest BCUT2D eigenvalue weighted by molar-refractivity contribution is 5.85. The number of rotatable bonds is 2. The fourth-order valence-electron chi connectivity index (χ4n) is 2.21. The second-order valence-corrected chi connectivity index (χ2v) is 4.42. The fraction of sp³-hybridized carbons (Fsp3) is 0.636. The Labute approximate surface area is 119 Å². The van der Waals surface area contributed by atoms with Gasteiger partial charge in [0.15, 0.2) is 0 Å². The van der Waals surface area contributed by atoms with E-state index < -0.39 is 0 Å². The van der Waals surface area contributed by atoms with Gasteiger partial charge in [-0.15, -0.1) is 24.8 Å². The predicted molar refractivity (Wildman–Crippen MR) is 75.3 cm³/mol. The lowest BCUT2D eigenvalue weighted by atomic mass is 9.91. The topological polar surface area (TPSA) is 75.0 Å². The number of H-pyrrole nitrogens is 1. The van der Waals surface area contributed by atoms with Crippen LogP contribution < -0.4 is 5.73 Å². The number of aromatic nitrogens is 2. The Balaban J connectivity index is 0.00000144. The van der Waals surface area contributed by atoms with Crippen molar-refractivity contribution < 1.29 is 4.79 Å². The molecule has 1 fully saturated rings. The normalized spacial score (nSPS) is 17.6. The number of nitrogens with two attached hydrogens (primary N) is 1. The third kappa shape index (κ3) is 3.86. The number of hydrogen-bond acceptors (Lipinski definition) is 3. The third-order valence-electron chi connectivity index (χ3n) is 3.19. The highest BCUT2D eigenvalue weighted by atomic mass is 35.5. The van der Waals surface area contributed by atoms with Gasteiger partial charge in [0, 0.05) is 19.3 Å². The predicted octanol–water partition coefficient (Wildman–Crippen LogP) is 1.31. The molecule has 1 aliphatic heterocycles. The summed E-state index contributed by atoms with van der Waals surface area (Å²) in [6.07, 6.45) is 5.80. The highest BCUT2D eigenvalue weighted by Gasteiger charge is 2.25. The first-order chi connectivity index (χ1) is 7.68. The summed E-state index contributed by atoms with van der Waals surface area (Å²) in [5.41, 5.74) is 6.83. The molecule has 1 atom stereocenters. The third-order valence-corrected chi connectivity index (χ3v) is 3.19. The van der Waals surface area contributed by atoms with E-state index in [1.54, 1.807) is 6.92 Å². The summed E-state index contributed by atoms with van der Waals surface area (Å²) in [6, 6.07) is -0.384. The zero-order valence-corrected chi connectivity index (χ0v) is 12.0. The van der Waals surface area contributed by atoms with E-state index >= 15 is 0 Å². The Kier molecular flexibility index (Phi) is 7.28. The SMILES string of the molecule is C[C@@H](N)C(=O)N1CCC(c2cn[nH]c2)CC1.Cl.Cl. The number of hydrogen-bond donors (Lipinski definition) is 2. The molecule has 3 N–H and O–H groups in total. The molecule has 0 radical (unpaired) electrons. The Hall–Kier alpha value is -0.780. The first-order valence-electron chi connectivity index (χ1n) is 5.71. The number of aromatic amines is 1. The van der Waals surface area contributed by atoms with E-state index in [1.165, 1.54) is 5.56 Å². The molecule has 5 nitrogen and oxygen atoms in total. The number of likely N-dealkylation sites (tertiary alicyclic amines) is 1. The number of piperidine rings is 1. The van der Waals surface area contributed by atoms with Crippen molar-refractivity contribution in [1.29, 1.82) is 0 Å². The second kappa shape index (κ2) is 7.61. The molecule has 7 heteroatoms. The molecule has 1 saturated heterocycles. The van der Waals surface area contributed by atoms with Gasteiger partial charge in [-0.2, -0.15) is 5.10 Å². The van der Waals surface area contributed by atoms with Crippen molar-refractivity contribution in [1.82, 2.24) is 15.1 Å². The van der Waals surface area contributed by atoms with Gasteiger partial charge in [0.25, 0.3) is 0 Å². The molecule has 2 heterocycles. The molecule has 1 aliphatic rings. The van der Waals surface area contributed by atoms with Gasteiger partial charge < -0.3 is 10.6 Å². The Morgan fingerprint density at radius 2 is 2.11 bits per heavy atom. The first-order valence-corrected chi connectivity index (χ1v) is 5.71. The van der Waals surface area contributed by atoms with Crippen LogP contribution in [0, 0.1) is 0 Å².